The molecule has 1 aromatic rings. The van der Waals surface area contributed by atoms with E-state index in [2.05, 4.69) is 4.98 Å². The summed E-state index contributed by atoms with van der Waals surface area (Å²) < 4.78 is 4.79. The van der Waals surface area contributed by atoms with Crippen LogP contribution in [0.1, 0.15) is 43.8 Å². The number of esters is 1. The minimum absolute atomic E-state index is 0.0228. The fourth-order valence-electron chi connectivity index (χ4n) is 1.85. The first-order valence-electron chi connectivity index (χ1n) is 5.39. The van der Waals surface area contributed by atoms with E-state index in [1.165, 1.54) is 0 Å². The largest absolute Gasteiger partial charge is 0.461 e. The van der Waals surface area contributed by atoms with Gasteiger partial charge in [-0.3, -0.25) is 9.59 Å². The Kier molecular flexibility index (Phi) is 3.12. The highest BCUT2D eigenvalue weighted by Crippen LogP contribution is 2.24. The molecule has 0 bridgehead atoms. The molecule has 6 nitrogen and oxygen atoms in total. The summed E-state index contributed by atoms with van der Waals surface area (Å²) >= 11 is 0. The number of carbonyl (C=O) groups excluding carboxylic acids is 3. The summed E-state index contributed by atoms with van der Waals surface area (Å²) in [5.74, 6) is -1.52. The number of fused-ring (bicyclic) bond motifs is 1. The zero-order chi connectivity index (χ0) is 13.3. The van der Waals surface area contributed by atoms with Crippen LogP contribution in [-0.4, -0.2) is 34.2 Å². The molecule has 0 atom stereocenters. The molecule has 1 aliphatic rings. The number of ether oxygens (including phenoxy) is 1. The van der Waals surface area contributed by atoms with E-state index in [9.17, 15) is 19.5 Å². The molecule has 1 aliphatic carbocycles. The van der Waals surface area contributed by atoms with Gasteiger partial charge in [-0.2, -0.15) is 0 Å². The average molecular weight is 249 g/mol. The molecule has 0 saturated heterocycles. The van der Waals surface area contributed by atoms with Crippen LogP contribution in [-0.2, 0) is 11.3 Å². The van der Waals surface area contributed by atoms with Crippen LogP contribution in [0.5, 0.6) is 0 Å². The Morgan fingerprint density at radius 3 is 2.61 bits per heavy atom. The number of nitrogens with one attached hydrogen (secondary N) is 1. The Morgan fingerprint density at radius 2 is 2.00 bits per heavy atom. The molecule has 0 aromatic carbocycles. The Balaban J connectivity index is 2.58. The van der Waals surface area contributed by atoms with Gasteiger partial charge < -0.3 is 14.8 Å². The SMILES string of the molecule is CCOC(=O)c1[nH]c2c(c1CO)C(=O)C=CC2=O. The van der Waals surface area contributed by atoms with E-state index >= 15 is 0 Å². The third kappa shape index (κ3) is 1.76. The third-order valence-electron chi connectivity index (χ3n) is 2.62. The third-order valence-corrected chi connectivity index (χ3v) is 2.62. The number of aromatic nitrogens is 1. The lowest BCUT2D eigenvalue weighted by molar-refractivity contribution is 0.0516. The molecule has 1 heterocycles. The van der Waals surface area contributed by atoms with Crippen molar-refractivity contribution in [2.24, 2.45) is 0 Å². The molecular formula is C12H11NO5. The van der Waals surface area contributed by atoms with Gasteiger partial charge in [-0.1, -0.05) is 0 Å². The molecule has 0 spiro atoms. The molecule has 1 aromatic heterocycles. The molecule has 0 amide bonds. The van der Waals surface area contributed by atoms with Crippen LogP contribution >= 0.6 is 0 Å². The molecule has 0 unspecified atom stereocenters. The van der Waals surface area contributed by atoms with E-state index in [4.69, 9.17) is 4.74 Å². The van der Waals surface area contributed by atoms with Gasteiger partial charge in [0.2, 0.25) is 5.78 Å². The predicted octanol–water partition coefficient (Wildman–Crippen LogP) is 0.619. The maximum atomic E-state index is 11.7. The van der Waals surface area contributed by atoms with Gasteiger partial charge >= 0.3 is 5.97 Å². The van der Waals surface area contributed by atoms with E-state index in [1.54, 1.807) is 6.92 Å². The van der Waals surface area contributed by atoms with Gasteiger partial charge in [0.05, 0.1) is 24.5 Å². The minimum atomic E-state index is -0.698. The van der Waals surface area contributed by atoms with Gasteiger partial charge in [-0.15, -0.1) is 0 Å². The fraction of sp³-hybridized carbons (Fsp3) is 0.250. The Morgan fingerprint density at radius 1 is 1.33 bits per heavy atom. The molecule has 6 heteroatoms. The highest BCUT2D eigenvalue weighted by molar-refractivity contribution is 6.23. The van der Waals surface area contributed by atoms with Crippen molar-refractivity contribution in [1.29, 1.82) is 0 Å². The number of rotatable bonds is 3. The summed E-state index contributed by atoms with van der Waals surface area (Å²) in [4.78, 5) is 37.5. The molecule has 18 heavy (non-hydrogen) atoms. The fourth-order valence-corrected chi connectivity index (χ4v) is 1.85. The number of hydrogen-bond acceptors (Lipinski definition) is 5. The number of ketones is 2. The molecule has 0 saturated carbocycles. The Hall–Kier alpha value is -2.21. The second kappa shape index (κ2) is 4.58. The smallest absolute Gasteiger partial charge is 0.355 e. The highest BCUT2D eigenvalue weighted by Gasteiger charge is 2.30. The standard InChI is InChI=1S/C12H11NO5/c1-2-18-12(17)10-6(5-14)9-7(15)3-4-8(16)11(9)13-10/h3-4,13-14H,2,5H2,1H3. The number of hydrogen-bond donors (Lipinski definition) is 2. The predicted molar refractivity (Wildman–Crippen MR) is 60.5 cm³/mol. The lowest BCUT2D eigenvalue weighted by Crippen LogP contribution is -2.11. The maximum Gasteiger partial charge on any atom is 0.355 e. The lowest BCUT2D eigenvalue weighted by atomic mass is 9.98. The first-order chi connectivity index (χ1) is 8.60. The van der Waals surface area contributed by atoms with E-state index in [-0.39, 0.29) is 29.1 Å². The quantitative estimate of drug-likeness (QED) is 0.765. The highest BCUT2D eigenvalue weighted by atomic mass is 16.5. The van der Waals surface area contributed by atoms with Crippen LogP contribution in [0.25, 0.3) is 0 Å². The van der Waals surface area contributed by atoms with Crippen LogP contribution in [0.2, 0.25) is 0 Å². The molecule has 2 rings (SSSR count). The minimum Gasteiger partial charge on any atom is -0.461 e. The molecule has 2 N–H and O–H groups in total. The van der Waals surface area contributed by atoms with Crippen molar-refractivity contribution in [2.75, 3.05) is 6.61 Å². The summed E-state index contributed by atoms with van der Waals surface area (Å²) in [6.45, 7) is 1.28. The van der Waals surface area contributed by atoms with Crippen molar-refractivity contribution in [3.8, 4) is 0 Å². The second-order valence-corrected chi connectivity index (χ2v) is 3.67. The summed E-state index contributed by atoms with van der Waals surface area (Å²) in [5, 5.41) is 9.27. The van der Waals surface area contributed by atoms with Gasteiger partial charge in [0.1, 0.15) is 5.69 Å². The van der Waals surface area contributed by atoms with E-state index in [0.717, 1.165) is 12.2 Å². The van der Waals surface area contributed by atoms with Gasteiger partial charge in [-0.05, 0) is 19.1 Å². The van der Waals surface area contributed by atoms with Gasteiger partial charge in [0, 0.05) is 5.56 Å². The van der Waals surface area contributed by atoms with Crippen LogP contribution < -0.4 is 0 Å². The molecule has 0 aliphatic heterocycles. The van der Waals surface area contributed by atoms with Crippen LogP contribution in [0.4, 0.5) is 0 Å². The van der Waals surface area contributed by atoms with Crippen molar-refractivity contribution < 1.29 is 24.2 Å². The van der Waals surface area contributed by atoms with Crippen LogP contribution in [0.3, 0.4) is 0 Å². The summed E-state index contributed by atoms with van der Waals surface area (Å²) in [7, 11) is 0. The number of aliphatic hydroxyl groups excluding tert-OH is 1. The number of allylic oxidation sites excluding steroid dienone is 2. The van der Waals surface area contributed by atoms with Crippen molar-refractivity contribution in [3.05, 3.63) is 34.7 Å². The van der Waals surface area contributed by atoms with Gasteiger partial charge in [0.25, 0.3) is 0 Å². The van der Waals surface area contributed by atoms with Gasteiger partial charge in [-0.25, -0.2) is 4.79 Å². The Labute approximate surface area is 102 Å². The normalized spacial score (nSPS) is 13.7. The second-order valence-electron chi connectivity index (χ2n) is 3.67. The molecule has 0 fully saturated rings. The summed E-state index contributed by atoms with van der Waals surface area (Å²) in [6.07, 6.45) is 2.24. The summed E-state index contributed by atoms with van der Waals surface area (Å²) in [5.41, 5.74) is 0.128. The van der Waals surface area contributed by atoms with Crippen LogP contribution in [0.15, 0.2) is 12.2 Å². The number of aliphatic hydroxyl groups is 1. The van der Waals surface area contributed by atoms with E-state index in [1.807, 2.05) is 0 Å². The number of aromatic amines is 1. The van der Waals surface area contributed by atoms with Crippen molar-refractivity contribution in [3.63, 3.8) is 0 Å². The van der Waals surface area contributed by atoms with Crippen LogP contribution in [0, 0.1) is 0 Å². The molecule has 94 valence electrons. The summed E-state index contributed by atoms with van der Waals surface area (Å²) in [6, 6.07) is 0. The van der Waals surface area contributed by atoms with E-state index < -0.39 is 24.1 Å². The topological polar surface area (TPSA) is 96.5 Å². The first-order valence-corrected chi connectivity index (χ1v) is 5.39. The van der Waals surface area contributed by atoms with Crippen molar-refractivity contribution in [1.82, 2.24) is 4.98 Å². The van der Waals surface area contributed by atoms with Gasteiger partial charge in [0.15, 0.2) is 5.78 Å². The lowest BCUT2D eigenvalue weighted by Gasteiger charge is -2.04. The van der Waals surface area contributed by atoms with Crippen molar-refractivity contribution >= 4 is 17.5 Å². The first kappa shape index (κ1) is 12.3. The average Bonchev–Trinajstić information content (AvgIpc) is 2.74. The number of carbonyl (C=O) groups is 3. The van der Waals surface area contributed by atoms with Crippen molar-refractivity contribution in [2.45, 2.75) is 13.5 Å². The monoisotopic (exact) mass is 249 g/mol. The zero-order valence-electron chi connectivity index (χ0n) is 9.65. The number of H-pyrrole nitrogens is 1. The Bertz CT molecular complexity index is 567. The molecular weight excluding hydrogens is 238 g/mol. The van der Waals surface area contributed by atoms with E-state index in [0.29, 0.717) is 0 Å². The maximum absolute atomic E-state index is 11.7. The zero-order valence-corrected chi connectivity index (χ0v) is 9.65. The molecule has 0 radical (unpaired) electrons.